The second kappa shape index (κ2) is 8.14. The van der Waals surface area contributed by atoms with Crippen molar-refractivity contribution in [1.29, 1.82) is 0 Å². The summed E-state index contributed by atoms with van der Waals surface area (Å²) in [5.74, 6) is -0.251. The van der Waals surface area contributed by atoms with E-state index in [1.165, 1.54) is 10.5 Å². The molecule has 1 aliphatic heterocycles. The van der Waals surface area contributed by atoms with Gasteiger partial charge in [0, 0.05) is 12.3 Å². The highest BCUT2D eigenvalue weighted by Gasteiger charge is 2.79. The van der Waals surface area contributed by atoms with Crippen molar-refractivity contribution in [2.75, 3.05) is 0 Å². The van der Waals surface area contributed by atoms with E-state index in [2.05, 4.69) is 32.9 Å². The topological polar surface area (TPSA) is 72.7 Å². The normalized spacial score (nSPS) is 31.7. The van der Waals surface area contributed by atoms with Crippen LogP contribution >= 0.6 is 0 Å². The molecule has 180 valence electrons. The summed E-state index contributed by atoms with van der Waals surface area (Å²) in [6.45, 7) is 11.9. The quantitative estimate of drug-likeness (QED) is 0.362. The number of likely N-dealkylation sites (tertiary alicyclic amines) is 1. The first-order chi connectivity index (χ1) is 15.4. The lowest BCUT2D eigenvalue weighted by Crippen LogP contribution is -2.48. The standard InChI is InChI=1S/C27H37NO5/c1-17-12-13-19(26(5,6)18-10-8-7-9-11-18)20(16-17)32-23(30)27-21(14-15-22(27)29)28(27)24(31)33-25(2,3)4/h7-11,17,19-21H,12-16H2,1-6H3/t17-,19-,20-,21+,27+,28?/m1/s1. The predicted molar refractivity (Wildman–Crippen MR) is 125 cm³/mol. The maximum Gasteiger partial charge on any atom is 0.412 e. The molecular weight excluding hydrogens is 418 g/mol. The number of ether oxygens (including phenoxy) is 2. The van der Waals surface area contributed by atoms with Crippen LogP contribution in [0.1, 0.15) is 79.2 Å². The number of fused-ring (bicyclic) bond motifs is 1. The van der Waals surface area contributed by atoms with Gasteiger partial charge in [0.2, 0.25) is 5.54 Å². The molecule has 1 heterocycles. The number of rotatable bonds is 4. The maximum atomic E-state index is 13.6. The second-order valence-corrected chi connectivity index (χ2v) is 11.7. The van der Waals surface area contributed by atoms with E-state index in [1.54, 1.807) is 20.8 Å². The van der Waals surface area contributed by atoms with Gasteiger partial charge in [-0.1, -0.05) is 57.5 Å². The van der Waals surface area contributed by atoms with Crippen molar-refractivity contribution < 1.29 is 23.9 Å². The third-order valence-electron chi connectivity index (χ3n) is 7.83. The van der Waals surface area contributed by atoms with Crippen LogP contribution in [0.2, 0.25) is 0 Å². The van der Waals surface area contributed by atoms with E-state index in [9.17, 15) is 14.4 Å². The van der Waals surface area contributed by atoms with Crippen LogP contribution in [0.5, 0.6) is 0 Å². The summed E-state index contributed by atoms with van der Waals surface area (Å²) in [6.07, 6.45) is 2.63. The van der Waals surface area contributed by atoms with Crippen LogP contribution in [0, 0.1) is 11.8 Å². The Morgan fingerprint density at radius 3 is 2.33 bits per heavy atom. The zero-order valence-corrected chi connectivity index (χ0v) is 20.7. The van der Waals surface area contributed by atoms with Crippen molar-refractivity contribution in [2.24, 2.45) is 11.8 Å². The zero-order chi connectivity index (χ0) is 24.2. The number of esters is 1. The molecule has 1 saturated heterocycles. The number of amides is 1. The summed E-state index contributed by atoms with van der Waals surface area (Å²) < 4.78 is 11.7. The minimum absolute atomic E-state index is 0.125. The summed E-state index contributed by atoms with van der Waals surface area (Å²) in [4.78, 5) is 40.6. The number of carbonyl (C=O) groups is 3. The molecule has 0 aromatic heterocycles. The van der Waals surface area contributed by atoms with Gasteiger partial charge in [0.05, 0.1) is 6.04 Å². The molecule has 3 aliphatic rings. The van der Waals surface area contributed by atoms with Crippen molar-refractivity contribution in [2.45, 2.75) is 102 Å². The number of hydrogen-bond donors (Lipinski definition) is 0. The largest absolute Gasteiger partial charge is 0.460 e. The molecule has 4 rings (SSSR count). The fourth-order valence-electron chi connectivity index (χ4n) is 5.99. The van der Waals surface area contributed by atoms with Crippen LogP contribution in [0.15, 0.2) is 30.3 Å². The molecule has 1 amide bonds. The van der Waals surface area contributed by atoms with E-state index in [0.29, 0.717) is 18.8 Å². The number of benzene rings is 1. The van der Waals surface area contributed by atoms with Gasteiger partial charge in [-0.25, -0.2) is 9.59 Å². The number of Topliss-reactive ketones (excluding diaryl/α,β-unsaturated/α-hetero) is 1. The molecule has 1 aromatic rings. The average molecular weight is 456 g/mol. The third-order valence-corrected chi connectivity index (χ3v) is 7.83. The van der Waals surface area contributed by atoms with E-state index in [4.69, 9.17) is 9.47 Å². The monoisotopic (exact) mass is 455 g/mol. The first-order valence-electron chi connectivity index (χ1n) is 12.2. The molecule has 0 N–H and O–H groups in total. The summed E-state index contributed by atoms with van der Waals surface area (Å²) in [5, 5.41) is 0. The van der Waals surface area contributed by atoms with Gasteiger partial charge in [0.15, 0.2) is 5.78 Å². The van der Waals surface area contributed by atoms with Crippen LogP contribution in [-0.2, 0) is 24.5 Å². The van der Waals surface area contributed by atoms with Crippen molar-refractivity contribution in [1.82, 2.24) is 4.90 Å². The van der Waals surface area contributed by atoms with Gasteiger partial charge in [0.1, 0.15) is 11.7 Å². The molecule has 3 fully saturated rings. The number of hydrogen-bond acceptors (Lipinski definition) is 5. The minimum atomic E-state index is -1.50. The molecule has 0 unspecified atom stereocenters. The van der Waals surface area contributed by atoms with E-state index in [0.717, 1.165) is 19.3 Å². The lowest BCUT2D eigenvalue weighted by Gasteiger charge is -2.44. The third kappa shape index (κ3) is 4.06. The number of piperidine rings is 1. The minimum Gasteiger partial charge on any atom is -0.460 e. The SMILES string of the molecule is C[C@@H]1CC[C@@H](C(C)(C)c2ccccc2)[C@H](OC(=O)[C@@]23C(=O)CC[C@@H]2N3C(=O)OC(C)(C)C)C1. The molecule has 0 radical (unpaired) electrons. The summed E-state index contributed by atoms with van der Waals surface area (Å²) in [6, 6.07) is 9.87. The second-order valence-electron chi connectivity index (χ2n) is 11.7. The van der Waals surface area contributed by atoms with Gasteiger partial charge in [-0.05, 0) is 56.9 Å². The molecule has 33 heavy (non-hydrogen) atoms. The summed E-state index contributed by atoms with van der Waals surface area (Å²) in [5.41, 5.74) is -1.19. The van der Waals surface area contributed by atoms with Gasteiger partial charge in [-0.15, -0.1) is 0 Å². The van der Waals surface area contributed by atoms with Crippen LogP contribution in [0.3, 0.4) is 0 Å². The van der Waals surface area contributed by atoms with Crippen LogP contribution in [0.25, 0.3) is 0 Å². The molecular formula is C27H37NO5. The highest BCUT2D eigenvalue weighted by Crippen LogP contribution is 2.53. The fourth-order valence-corrected chi connectivity index (χ4v) is 5.99. The van der Waals surface area contributed by atoms with Crippen molar-refractivity contribution in [3.63, 3.8) is 0 Å². The smallest absolute Gasteiger partial charge is 0.412 e. The number of carbonyl (C=O) groups excluding carboxylic acids is 3. The lowest BCUT2D eigenvalue weighted by atomic mass is 9.64. The Labute approximate surface area is 197 Å². The Morgan fingerprint density at radius 2 is 1.70 bits per heavy atom. The molecule has 2 aliphatic carbocycles. The van der Waals surface area contributed by atoms with Crippen LogP contribution in [0.4, 0.5) is 4.79 Å². The van der Waals surface area contributed by atoms with Gasteiger partial charge in [0.25, 0.3) is 0 Å². The predicted octanol–water partition coefficient (Wildman–Crippen LogP) is 5.03. The molecule has 6 heteroatoms. The Kier molecular flexibility index (Phi) is 5.86. The van der Waals surface area contributed by atoms with Gasteiger partial charge < -0.3 is 9.47 Å². The molecule has 6 nitrogen and oxygen atoms in total. The zero-order valence-electron chi connectivity index (χ0n) is 20.7. The van der Waals surface area contributed by atoms with Crippen molar-refractivity contribution >= 4 is 17.8 Å². The highest BCUT2D eigenvalue weighted by molar-refractivity contribution is 6.18. The van der Waals surface area contributed by atoms with E-state index >= 15 is 0 Å². The average Bonchev–Trinajstić information content (AvgIpc) is 3.31. The molecule has 0 bridgehead atoms. The molecule has 0 spiro atoms. The maximum absolute atomic E-state index is 13.6. The Hall–Kier alpha value is -2.37. The fraction of sp³-hybridized carbons (Fsp3) is 0.667. The Bertz CT molecular complexity index is 934. The number of ketones is 1. The molecule has 5 atom stereocenters. The first-order valence-corrected chi connectivity index (χ1v) is 12.2. The van der Waals surface area contributed by atoms with E-state index < -0.39 is 29.2 Å². The summed E-state index contributed by atoms with van der Waals surface area (Å²) >= 11 is 0. The van der Waals surface area contributed by atoms with Gasteiger partial charge in [-0.2, -0.15) is 0 Å². The van der Waals surface area contributed by atoms with Gasteiger partial charge in [-0.3, -0.25) is 9.69 Å². The number of nitrogens with zero attached hydrogens (tertiary/aromatic N) is 1. The van der Waals surface area contributed by atoms with Crippen molar-refractivity contribution in [3.05, 3.63) is 35.9 Å². The highest BCUT2D eigenvalue weighted by atomic mass is 16.6. The van der Waals surface area contributed by atoms with Crippen LogP contribution < -0.4 is 0 Å². The summed E-state index contributed by atoms with van der Waals surface area (Å²) in [7, 11) is 0. The molecule has 2 saturated carbocycles. The Morgan fingerprint density at radius 1 is 1.03 bits per heavy atom. The van der Waals surface area contributed by atoms with E-state index in [-0.39, 0.29) is 23.2 Å². The molecule has 1 aromatic carbocycles. The van der Waals surface area contributed by atoms with E-state index in [1.807, 2.05) is 18.2 Å². The van der Waals surface area contributed by atoms with Gasteiger partial charge >= 0.3 is 12.1 Å². The van der Waals surface area contributed by atoms with Crippen LogP contribution in [-0.4, -0.2) is 46.0 Å². The first kappa shape index (κ1) is 23.8. The lowest BCUT2D eigenvalue weighted by molar-refractivity contribution is -0.162. The Balaban J connectivity index is 1.57. The van der Waals surface area contributed by atoms with Crippen molar-refractivity contribution in [3.8, 4) is 0 Å².